The van der Waals surface area contributed by atoms with Crippen molar-refractivity contribution < 1.29 is 4.39 Å². The van der Waals surface area contributed by atoms with Crippen LogP contribution in [0.15, 0.2) is 24.5 Å². The number of hydrogen-bond acceptors (Lipinski definition) is 4. The highest BCUT2D eigenvalue weighted by molar-refractivity contribution is 5.38. The predicted molar refractivity (Wildman–Crippen MR) is 76.5 cm³/mol. The molecule has 0 radical (unpaired) electrons. The van der Waals surface area contributed by atoms with Crippen LogP contribution in [0.1, 0.15) is 17.0 Å². The lowest BCUT2D eigenvalue weighted by atomic mass is 10.1. The van der Waals surface area contributed by atoms with E-state index in [4.69, 9.17) is 5.73 Å². The molecule has 2 aromatic rings. The second-order valence-corrected chi connectivity index (χ2v) is 5.01. The van der Waals surface area contributed by atoms with E-state index in [0.717, 1.165) is 31.0 Å². The van der Waals surface area contributed by atoms with Gasteiger partial charge in [0.2, 0.25) is 0 Å². The van der Waals surface area contributed by atoms with Crippen LogP contribution in [0.4, 0.5) is 4.39 Å². The molecule has 21 heavy (non-hydrogen) atoms. The van der Waals surface area contributed by atoms with Gasteiger partial charge in [0.1, 0.15) is 18.0 Å². The van der Waals surface area contributed by atoms with E-state index in [2.05, 4.69) is 26.9 Å². The quantitative estimate of drug-likeness (QED) is 0.827. The molecule has 108 valence electrons. The van der Waals surface area contributed by atoms with Crippen molar-refractivity contribution in [3.8, 4) is 11.8 Å². The van der Waals surface area contributed by atoms with Crippen molar-refractivity contribution in [2.24, 2.45) is 5.73 Å². The Morgan fingerprint density at radius 3 is 3.05 bits per heavy atom. The van der Waals surface area contributed by atoms with Gasteiger partial charge < -0.3 is 10.3 Å². The molecule has 0 atom stereocenters. The molecule has 1 aliphatic rings. The Labute approximate surface area is 122 Å². The summed E-state index contributed by atoms with van der Waals surface area (Å²) in [6, 6.07) is 4.89. The molecule has 0 fully saturated rings. The monoisotopic (exact) mass is 285 g/mol. The minimum Gasteiger partial charge on any atom is -0.320 e. The van der Waals surface area contributed by atoms with E-state index in [1.54, 1.807) is 12.4 Å². The van der Waals surface area contributed by atoms with E-state index < -0.39 is 0 Å². The first-order valence-electron chi connectivity index (χ1n) is 6.82. The summed E-state index contributed by atoms with van der Waals surface area (Å²) in [6.45, 7) is 3.42. The van der Waals surface area contributed by atoms with Gasteiger partial charge in [-0.25, -0.2) is 4.39 Å². The van der Waals surface area contributed by atoms with Crippen LogP contribution >= 0.6 is 0 Å². The maximum absolute atomic E-state index is 13.7. The summed E-state index contributed by atoms with van der Waals surface area (Å²) in [5, 5.41) is 7.99. The normalized spacial score (nSPS) is 14.4. The molecule has 0 saturated heterocycles. The zero-order chi connectivity index (χ0) is 14.7. The molecule has 0 bridgehead atoms. The molecule has 3 rings (SSSR count). The van der Waals surface area contributed by atoms with E-state index in [-0.39, 0.29) is 12.4 Å². The first-order chi connectivity index (χ1) is 10.2. The van der Waals surface area contributed by atoms with Gasteiger partial charge in [-0.05, 0) is 23.8 Å². The Balaban J connectivity index is 1.75. The summed E-state index contributed by atoms with van der Waals surface area (Å²) in [6.07, 6.45) is 1.75. The van der Waals surface area contributed by atoms with E-state index in [1.807, 2.05) is 10.6 Å². The van der Waals surface area contributed by atoms with Gasteiger partial charge in [0.15, 0.2) is 0 Å². The molecule has 0 saturated carbocycles. The van der Waals surface area contributed by atoms with Crippen LogP contribution < -0.4 is 5.73 Å². The Hall–Kier alpha value is -2.23. The van der Waals surface area contributed by atoms with Crippen LogP contribution in [0.2, 0.25) is 0 Å². The van der Waals surface area contributed by atoms with Gasteiger partial charge in [-0.15, -0.1) is 10.2 Å². The van der Waals surface area contributed by atoms with E-state index in [1.165, 1.54) is 6.07 Å². The molecule has 1 aromatic heterocycles. The molecule has 0 aliphatic carbocycles. The lowest BCUT2D eigenvalue weighted by molar-refractivity contribution is 0.208. The smallest absolute Gasteiger partial charge is 0.147 e. The van der Waals surface area contributed by atoms with Gasteiger partial charge in [0.05, 0.1) is 13.1 Å². The molecule has 0 amide bonds. The van der Waals surface area contributed by atoms with Crippen LogP contribution in [0.25, 0.3) is 0 Å². The fourth-order valence-electron chi connectivity index (χ4n) is 2.48. The lowest BCUT2D eigenvalue weighted by Gasteiger charge is -2.26. The Morgan fingerprint density at radius 1 is 1.29 bits per heavy atom. The van der Waals surface area contributed by atoms with Gasteiger partial charge in [-0.3, -0.25) is 4.90 Å². The zero-order valence-electron chi connectivity index (χ0n) is 11.6. The molecule has 2 N–H and O–H groups in total. The molecule has 5 nitrogen and oxygen atoms in total. The van der Waals surface area contributed by atoms with Crippen molar-refractivity contribution in [2.45, 2.75) is 19.6 Å². The highest BCUT2D eigenvalue weighted by Gasteiger charge is 2.17. The fraction of sp³-hybridized carbons (Fsp3) is 0.333. The van der Waals surface area contributed by atoms with Gasteiger partial charge in [-0.1, -0.05) is 11.8 Å². The van der Waals surface area contributed by atoms with Crippen LogP contribution in [0.3, 0.4) is 0 Å². The summed E-state index contributed by atoms with van der Waals surface area (Å²) in [5.74, 6) is 6.30. The van der Waals surface area contributed by atoms with Crippen LogP contribution in [0, 0.1) is 17.7 Å². The van der Waals surface area contributed by atoms with E-state index in [9.17, 15) is 4.39 Å². The van der Waals surface area contributed by atoms with E-state index >= 15 is 0 Å². The minimum absolute atomic E-state index is 0.269. The van der Waals surface area contributed by atoms with Crippen molar-refractivity contribution >= 4 is 0 Å². The largest absolute Gasteiger partial charge is 0.320 e. The average molecular weight is 285 g/mol. The van der Waals surface area contributed by atoms with Crippen molar-refractivity contribution in [1.29, 1.82) is 0 Å². The molecule has 1 aliphatic heterocycles. The van der Waals surface area contributed by atoms with Gasteiger partial charge in [0, 0.05) is 25.2 Å². The SMILES string of the molecule is NCC#Cc1cc(F)cc(CN2CCn3cnnc3C2)c1. The third-order valence-corrected chi connectivity index (χ3v) is 3.42. The summed E-state index contributed by atoms with van der Waals surface area (Å²) in [4.78, 5) is 2.22. The maximum atomic E-state index is 13.7. The van der Waals surface area contributed by atoms with Crippen molar-refractivity contribution in [3.63, 3.8) is 0 Å². The number of aromatic nitrogens is 3. The number of fused-ring (bicyclic) bond motifs is 1. The third-order valence-electron chi connectivity index (χ3n) is 3.42. The molecule has 6 heteroatoms. The average Bonchev–Trinajstić information content (AvgIpc) is 2.92. The maximum Gasteiger partial charge on any atom is 0.147 e. The number of nitrogens with zero attached hydrogens (tertiary/aromatic N) is 4. The predicted octanol–water partition coefficient (Wildman–Crippen LogP) is 0.743. The number of halogens is 1. The molecule has 1 aromatic carbocycles. The van der Waals surface area contributed by atoms with Crippen molar-refractivity contribution in [1.82, 2.24) is 19.7 Å². The Bertz CT molecular complexity index is 698. The molecular weight excluding hydrogens is 269 g/mol. The molecular formula is C15H16FN5. The fourth-order valence-corrected chi connectivity index (χ4v) is 2.48. The van der Waals surface area contributed by atoms with E-state index in [0.29, 0.717) is 12.1 Å². The van der Waals surface area contributed by atoms with Crippen LogP contribution in [-0.4, -0.2) is 32.8 Å². The Morgan fingerprint density at radius 2 is 2.19 bits per heavy atom. The number of rotatable bonds is 2. The third kappa shape index (κ3) is 3.27. The van der Waals surface area contributed by atoms with Crippen molar-refractivity contribution in [3.05, 3.63) is 47.3 Å². The van der Waals surface area contributed by atoms with Gasteiger partial charge >= 0.3 is 0 Å². The highest BCUT2D eigenvalue weighted by atomic mass is 19.1. The van der Waals surface area contributed by atoms with Crippen LogP contribution in [0.5, 0.6) is 0 Å². The molecule has 2 heterocycles. The van der Waals surface area contributed by atoms with Crippen molar-refractivity contribution in [2.75, 3.05) is 13.1 Å². The number of hydrogen-bond donors (Lipinski definition) is 1. The first kappa shape index (κ1) is 13.7. The molecule has 0 spiro atoms. The van der Waals surface area contributed by atoms with Gasteiger partial charge in [-0.2, -0.15) is 0 Å². The lowest BCUT2D eigenvalue weighted by Crippen LogP contribution is -2.33. The summed E-state index contributed by atoms with van der Waals surface area (Å²) in [5.41, 5.74) is 6.92. The zero-order valence-corrected chi connectivity index (χ0v) is 11.6. The molecule has 0 unspecified atom stereocenters. The number of nitrogens with two attached hydrogens (primary N) is 1. The topological polar surface area (TPSA) is 60.0 Å². The van der Waals surface area contributed by atoms with Crippen LogP contribution in [-0.2, 0) is 19.6 Å². The minimum atomic E-state index is -0.269. The summed E-state index contributed by atoms with van der Waals surface area (Å²) in [7, 11) is 0. The number of benzene rings is 1. The van der Waals surface area contributed by atoms with Gasteiger partial charge in [0.25, 0.3) is 0 Å². The second-order valence-electron chi connectivity index (χ2n) is 5.01. The summed E-state index contributed by atoms with van der Waals surface area (Å²) >= 11 is 0. The highest BCUT2D eigenvalue weighted by Crippen LogP contribution is 2.15. The standard InChI is InChI=1S/C15H16FN5/c16-14-7-12(2-1-3-17)6-13(8-14)9-20-4-5-21-11-18-19-15(21)10-20/h6-8,11H,3-5,9-10,17H2. The Kier molecular flexibility index (Phi) is 3.95. The summed E-state index contributed by atoms with van der Waals surface area (Å²) < 4.78 is 15.7. The second kappa shape index (κ2) is 6.04. The first-order valence-corrected chi connectivity index (χ1v) is 6.82.